The first-order valence-corrected chi connectivity index (χ1v) is 5.67. The van der Waals surface area contributed by atoms with Crippen LogP contribution < -0.4 is 0 Å². The van der Waals surface area contributed by atoms with Crippen molar-refractivity contribution in [2.24, 2.45) is 0 Å². The molecule has 0 saturated heterocycles. The second kappa shape index (κ2) is 4.21. The monoisotopic (exact) mass is 240 g/mol. The zero-order valence-corrected chi connectivity index (χ0v) is 9.69. The summed E-state index contributed by atoms with van der Waals surface area (Å²) in [7, 11) is 0. The van der Waals surface area contributed by atoms with Gasteiger partial charge in [0.05, 0.1) is 9.90 Å². The van der Waals surface area contributed by atoms with Gasteiger partial charge in [-0.25, -0.2) is 0 Å². The molecule has 0 atom stereocenters. The first-order chi connectivity index (χ1) is 7.15. The highest BCUT2D eigenvalue weighted by Crippen LogP contribution is 2.23. The molecule has 0 aromatic carbocycles. The second-order valence-corrected chi connectivity index (χ2v) is 5.05. The Bertz CT molecular complexity index is 484. The van der Waals surface area contributed by atoms with Gasteiger partial charge in [-0.3, -0.25) is 4.79 Å². The average Bonchev–Trinajstić information content (AvgIpc) is 2.75. The van der Waals surface area contributed by atoms with Gasteiger partial charge in [0.15, 0.2) is 5.78 Å². The number of rotatable bonds is 3. The first-order valence-electron chi connectivity index (χ1n) is 4.47. The number of furan rings is 1. The van der Waals surface area contributed by atoms with E-state index in [2.05, 4.69) is 0 Å². The molecule has 15 heavy (non-hydrogen) atoms. The molecule has 4 heteroatoms. The summed E-state index contributed by atoms with van der Waals surface area (Å²) in [6, 6.07) is 5.42. The van der Waals surface area contributed by atoms with Crippen molar-refractivity contribution in [2.75, 3.05) is 0 Å². The van der Waals surface area contributed by atoms with Crippen LogP contribution in [0.5, 0.6) is 0 Å². The van der Waals surface area contributed by atoms with Crippen LogP contribution in [0.15, 0.2) is 28.9 Å². The van der Waals surface area contributed by atoms with E-state index in [0.29, 0.717) is 16.3 Å². The minimum atomic E-state index is 0.0605. The average molecular weight is 241 g/mol. The summed E-state index contributed by atoms with van der Waals surface area (Å²) < 4.78 is 5.79. The van der Waals surface area contributed by atoms with Crippen LogP contribution in [0.4, 0.5) is 0 Å². The number of ketones is 1. The lowest BCUT2D eigenvalue weighted by Gasteiger charge is -1.93. The predicted octanol–water partition coefficient (Wildman–Crippen LogP) is 3.73. The molecule has 0 N–H and O–H groups in total. The topological polar surface area (TPSA) is 30.2 Å². The number of carbonyl (C=O) groups excluding carboxylic acids is 1. The van der Waals surface area contributed by atoms with E-state index in [1.807, 2.05) is 13.0 Å². The molecule has 0 aliphatic rings. The van der Waals surface area contributed by atoms with Crippen LogP contribution in [0.3, 0.4) is 0 Å². The molecular weight excluding hydrogens is 232 g/mol. The maximum atomic E-state index is 11.7. The van der Waals surface area contributed by atoms with E-state index in [1.165, 1.54) is 17.6 Å². The van der Waals surface area contributed by atoms with Crippen molar-refractivity contribution in [3.05, 3.63) is 45.0 Å². The Labute approximate surface area is 96.5 Å². The molecule has 0 aliphatic heterocycles. The zero-order valence-electron chi connectivity index (χ0n) is 8.12. The number of carbonyl (C=O) groups is 1. The molecule has 0 bridgehead atoms. The van der Waals surface area contributed by atoms with Crippen LogP contribution >= 0.6 is 22.9 Å². The largest absolute Gasteiger partial charge is 0.469 e. The fraction of sp³-hybridized carbons (Fsp3) is 0.182. The number of hydrogen-bond donors (Lipinski definition) is 0. The number of Topliss-reactive ketones (excluding diaryl/α,β-unsaturated/α-hetero) is 1. The number of thiophene rings is 1. The van der Waals surface area contributed by atoms with E-state index < -0.39 is 0 Å². The highest BCUT2D eigenvalue weighted by molar-refractivity contribution is 7.16. The summed E-state index contributed by atoms with van der Waals surface area (Å²) in [6.45, 7) is 1.82. The lowest BCUT2D eigenvalue weighted by molar-refractivity contribution is 0.0993. The SMILES string of the molecule is Cc1cc(C(=O)Cc2ccc(Cl)s2)co1. The number of halogens is 1. The van der Waals surface area contributed by atoms with Gasteiger partial charge in [-0.2, -0.15) is 0 Å². The lowest BCUT2D eigenvalue weighted by Crippen LogP contribution is -1.99. The van der Waals surface area contributed by atoms with Crippen molar-refractivity contribution >= 4 is 28.7 Å². The molecular formula is C11H9ClO2S. The van der Waals surface area contributed by atoms with Crippen molar-refractivity contribution in [3.63, 3.8) is 0 Å². The van der Waals surface area contributed by atoms with E-state index in [1.54, 1.807) is 12.1 Å². The van der Waals surface area contributed by atoms with Crippen LogP contribution in [0.2, 0.25) is 4.34 Å². The van der Waals surface area contributed by atoms with Crippen LogP contribution in [0.25, 0.3) is 0 Å². The summed E-state index contributed by atoms with van der Waals surface area (Å²) in [4.78, 5) is 12.7. The molecule has 0 saturated carbocycles. The van der Waals surface area contributed by atoms with Gasteiger partial charge in [-0.1, -0.05) is 11.6 Å². The summed E-state index contributed by atoms with van der Waals surface area (Å²) >= 11 is 7.21. The highest BCUT2D eigenvalue weighted by Gasteiger charge is 2.10. The summed E-state index contributed by atoms with van der Waals surface area (Å²) in [6.07, 6.45) is 1.88. The molecule has 0 radical (unpaired) electrons. The van der Waals surface area contributed by atoms with Crippen molar-refractivity contribution in [2.45, 2.75) is 13.3 Å². The summed E-state index contributed by atoms with van der Waals surface area (Å²) in [5.41, 5.74) is 0.622. The Kier molecular flexibility index (Phi) is 2.93. The normalized spacial score (nSPS) is 10.5. The van der Waals surface area contributed by atoms with Crippen molar-refractivity contribution in [1.82, 2.24) is 0 Å². The maximum absolute atomic E-state index is 11.7. The van der Waals surface area contributed by atoms with Crippen molar-refractivity contribution in [1.29, 1.82) is 0 Å². The third kappa shape index (κ3) is 2.49. The number of hydrogen-bond acceptors (Lipinski definition) is 3. The molecule has 2 aromatic rings. The van der Waals surface area contributed by atoms with Crippen LogP contribution in [-0.2, 0) is 6.42 Å². The summed E-state index contributed by atoms with van der Waals surface area (Å²) in [5.74, 6) is 0.813. The Hall–Kier alpha value is -1.06. The van der Waals surface area contributed by atoms with E-state index >= 15 is 0 Å². The van der Waals surface area contributed by atoms with E-state index in [-0.39, 0.29) is 5.78 Å². The Morgan fingerprint density at radius 1 is 1.53 bits per heavy atom. The van der Waals surface area contributed by atoms with Gasteiger partial charge < -0.3 is 4.42 Å². The quantitative estimate of drug-likeness (QED) is 0.766. The van der Waals surface area contributed by atoms with Crippen LogP contribution in [-0.4, -0.2) is 5.78 Å². The molecule has 0 unspecified atom stereocenters. The van der Waals surface area contributed by atoms with E-state index in [9.17, 15) is 4.79 Å². The maximum Gasteiger partial charge on any atom is 0.171 e. The minimum absolute atomic E-state index is 0.0605. The molecule has 2 rings (SSSR count). The van der Waals surface area contributed by atoms with Gasteiger partial charge in [-0.05, 0) is 25.1 Å². The Balaban J connectivity index is 2.10. The molecule has 0 fully saturated rings. The van der Waals surface area contributed by atoms with Gasteiger partial charge in [0.1, 0.15) is 12.0 Å². The van der Waals surface area contributed by atoms with Gasteiger partial charge in [0, 0.05) is 11.3 Å². The zero-order chi connectivity index (χ0) is 10.8. The minimum Gasteiger partial charge on any atom is -0.469 e. The standard InChI is InChI=1S/C11H9ClO2S/c1-7-4-8(6-14-7)10(13)5-9-2-3-11(12)15-9/h2-4,6H,5H2,1H3. The fourth-order valence-corrected chi connectivity index (χ4v) is 2.38. The number of aryl methyl sites for hydroxylation is 1. The molecule has 78 valence electrons. The smallest absolute Gasteiger partial charge is 0.171 e. The first kappa shape index (κ1) is 10.5. The fourth-order valence-electron chi connectivity index (χ4n) is 1.30. The van der Waals surface area contributed by atoms with Gasteiger partial charge >= 0.3 is 0 Å². The molecule has 0 spiro atoms. The molecule has 2 nitrogen and oxygen atoms in total. The second-order valence-electron chi connectivity index (χ2n) is 3.25. The lowest BCUT2D eigenvalue weighted by atomic mass is 10.1. The highest BCUT2D eigenvalue weighted by atomic mass is 35.5. The Morgan fingerprint density at radius 2 is 2.33 bits per heavy atom. The van der Waals surface area contributed by atoms with Crippen molar-refractivity contribution < 1.29 is 9.21 Å². The molecule has 2 aromatic heterocycles. The van der Waals surface area contributed by atoms with Gasteiger partial charge in [0.2, 0.25) is 0 Å². The molecule has 0 aliphatic carbocycles. The van der Waals surface area contributed by atoms with Crippen molar-refractivity contribution in [3.8, 4) is 0 Å². The molecule has 2 heterocycles. The third-order valence-electron chi connectivity index (χ3n) is 2.02. The van der Waals surface area contributed by atoms with Crippen LogP contribution in [0, 0.1) is 6.92 Å². The molecule has 0 amide bonds. The van der Waals surface area contributed by atoms with E-state index in [4.69, 9.17) is 16.0 Å². The summed E-state index contributed by atoms with van der Waals surface area (Å²) in [5, 5.41) is 0. The van der Waals surface area contributed by atoms with Gasteiger partial charge in [-0.15, -0.1) is 11.3 Å². The predicted molar refractivity (Wildman–Crippen MR) is 60.8 cm³/mol. The Morgan fingerprint density at radius 3 is 2.87 bits per heavy atom. The third-order valence-corrected chi connectivity index (χ3v) is 3.25. The van der Waals surface area contributed by atoms with E-state index in [0.717, 1.165) is 10.6 Å². The van der Waals surface area contributed by atoms with Gasteiger partial charge in [0.25, 0.3) is 0 Å². The van der Waals surface area contributed by atoms with Crippen LogP contribution in [0.1, 0.15) is 21.0 Å².